The summed E-state index contributed by atoms with van der Waals surface area (Å²) in [5, 5.41) is 9.39. The lowest BCUT2D eigenvalue weighted by Gasteiger charge is -2.13. The van der Waals surface area contributed by atoms with E-state index in [0.29, 0.717) is 22.9 Å². The van der Waals surface area contributed by atoms with Crippen molar-refractivity contribution in [1.29, 1.82) is 5.26 Å². The lowest BCUT2D eigenvalue weighted by molar-refractivity contribution is -0.114. The lowest BCUT2D eigenvalue weighted by Crippen LogP contribution is -2.16. The summed E-state index contributed by atoms with van der Waals surface area (Å²) in [5.41, 5.74) is 5.52. The molecule has 1 amide bonds. The summed E-state index contributed by atoms with van der Waals surface area (Å²) in [6.45, 7) is 1.17. The largest absolute Gasteiger partial charge is 0.490 e. The maximum atomic E-state index is 11.1. The molecule has 0 aromatic heterocycles. The maximum absolute atomic E-state index is 11.1. The summed E-state index contributed by atoms with van der Waals surface area (Å²) < 4.78 is 11.2. The number of nitrogens with two attached hydrogens (primary N) is 1. The average Bonchev–Trinajstić information content (AvgIpc) is 2.96. The van der Waals surface area contributed by atoms with Gasteiger partial charge in [0.25, 0.3) is 5.91 Å². The van der Waals surface area contributed by atoms with Crippen LogP contribution in [0.25, 0.3) is 6.08 Å². The number of rotatable bonds is 5. The Labute approximate surface area is 127 Å². The van der Waals surface area contributed by atoms with Gasteiger partial charge in [0, 0.05) is 17.2 Å². The zero-order chi connectivity index (χ0) is 15.2. The molecule has 1 saturated heterocycles. The molecule has 1 aliphatic rings. The van der Waals surface area contributed by atoms with E-state index in [1.165, 1.54) is 6.08 Å². The van der Waals surface area contributed by atoms with E-state index in [4.69, 9.17) is 32.1 Å². The van der Waals surface area contributed by atoms with Crippen LogP contribution in [0.1, 0.15) is 18.4 Å². The third-order valence-corrected chi connectivity index (χ3v) is 3.34. The third kappa shape index (κ3) is 4.22. The minimum absolute atomic E-state index is 0.0732. The van der Waals surface area contributed by atoms with Gasteiger partial charge in [-0.05, 0) is 37.1 Å². The first-order valence-corrected chi connectivity index (χ1v) is 6.93. The fourth-order valence-electron chi connectivity index (χ4n) is 2.04. The summed E-state index contributed by atoms with van der Waals surface area (Å²) in [5.74, 6) is -0.258. The van der Waals surface area contributed by atoms with Crippen LogP contribution in [-0.2, 0) is 9.53 Å². The molecule has 0 saturated carbocycles. The van der Waals surface area contributed by atoms with Gasteiger partial charge in [0.15, 0.2) is 0 Å². The molecule has 110 valence electrons. The molecule has 1 heterocycles. The van der Waals surface area contributed by atoms with Crippen molar-refractivity contribution in [3.8, 4) is 11.8 Å². The number of hydrogen-bond acceptors (Lipinski definition) is 4. The molecule has 21 heavy (non-hydrogen) atoms. The van der Waals surface area contributed by atoms with Gasteiger partial charge >= 0.3 is 0 Å². The molecule has 6 heteroatoms. The molecule has 0 spiro atoms. The summed E-state index contributed by atoms with van der Waals surface area (Å²) >= 11 is 5.94. The molecular weight excluding hydrogens is 292 g/mol. The lowest BCUT2D eigenvalue weighted by atomic mass is 10.1. The van der Waals surface area contributed by atoms with Crippen molar-refractivity contribution in [2.45, 2.75) is 18.9 Å². The van der Waals surface area contributed by atoms with Gasteiger partial charge in [0.2, 0.25) is 0 Å². The Morgan fingerprint density at radius 1 is 1.62 bits per heavy atom. The molecule has 1 aromatic carbocycles. The van der Waals surface area contributed by atoms with Crippen molar-refractivity contribution in [2.75, 3.05) is 13.2 Å². The van der Waals surface area contributed by atoms with Gasteiger partial charge in [-0.2, -0.15) is 5.26 Å². The van der Waals surface area contributed by atoms with E-state index in [-0.39, 0.29) is 11.7 Å². The Balaban J connectivity index is 2.20. The van der Waals surface area contributed by atoms with Crippen LogP contribution in [0.5, 0.6) is 5.75 Å². The number of hydrogen-bond donors (Lipinski definition) is 1. The highest BCUT2D eigenvalue weighted by Crippen LogP contribution is 2.26. The van der Waals surface area contributed by atoms with Crippen molar-refractivity contribution < 1.29 is 14.3 Å². The van der Waals surface area contributed by atoms with Gasteiger partial charge in [-0.25, -0.2) is 0 Å². The number of nitriles is 1. The Morgan fingerprint density at radius 2 is 2.43 bits per heavy atom. The molecule has 0 unspecified atom stereocenters. The molecule has 1 fully saturated rings. The standard InChI is InChI=1S/C15H15ClN2O3/c16-12-3-4-14(21-9-13-2-1-5-20-13)10(7-12)6-11(8-17)15(18)19/h3-4,6-7,13H,1-2,5,9H2,(H2,18,19)/b11-6+/t13-/m0/s1. The van der Waals surface area contributed by atoms with Crippen molar-refractivity contribution in [3.05, 3.63) is 34.4 Å². The van der Waals surface area contributed by atoms with Gasteiger partial charge in [-0.3, -0.25) is 4.79 Å². The fourth-order valence-corrected chi connectivity index (χ4v) is 2.22. The van der Waals surface area contributed by atoms with Gasteiger partial charge in [0.05, 0.1) is 6.10 Å². The monoisotopic (exact) mass is 306 g/mol. The predicted molar refractivity (Wildman–Crippen MR) is 78.7 cm³/mol. The van der Waals surface area contributed by atoms with Crippen LogP contribution in [-0.4, -0.2) is 25.2 Å². The molecular formula is C15H15ClN2O3. The van der Waals surface area contributed by atoms with Crippen molar-refractivity contribution in [1.82, 2.24) is 0 Å². The van der Waals surface area contributed by atoms with Crippen molar-refractivity contribution >= 4 is 23.6 Å². The van der Waals surface area contributed by atoms with Gasteiger partial charge in [-0.1, -0.05) is 11.6 Å². The number of halogens is 1. The smallest absolute Gasteiger partial charge is 0.259 e. The maximum Gasteiger partial charge on any atom is 0.259 e. The SMILES string of the molecule is N#C/C(=C\c1cc(Cl)ccc1OC[C@@H]1CCCO1)C(N)=O. The molecule has 2 N–H and O–H groups in total. The molecule has 1 atom stereocenters. The highest BCUT2D eigenvalue weighted by molar-refractivity contribution is 6.30. The summed E-state index contributed by atoms with van der Waals surface area (Å²) in [6.07, 6.45) is 3.44. The van der Waals surface area contributed by atoms with E-state index in [0.717, 1.165) is 19.4 Å². The van der Waals surface area contributed by atoms with Crippen molar-refractivity contribution in [2.24, 2.45) is 5.73 Å². The van der Waals surface area contributed by atoms with Crippen LogP contribution in [0.15, 0.2) is 23.8 Å². The van der Waals surface area contributed by atoms with E-state index in [1.54, 1.807) is 24.3 Å². The number of carbonyl (C=O) groups is 1. The predicted octanol–water partition coefficient (Wildman–Crippen LogP) is 2.29. The second kappa shape index (κ2) is 7.11. The van der Waals surface area contributed by atoms with Crippen LogP contribution in [0.3, 0.4) is 0 Å². The normalized spacial score (nSPS) is 18.3. The number of carbonyl (C=O) groups excluding carboxylic acids is 1. The topological polar surface area (TPSA) is 85.3 Å². The highest BCUT2D eigenvalue weighted by atomic mass is 35.5. The number of ether oxygens (including phenoxy) is 2. The van der Waals surface area contributed by atoms with Crippen LogP contribution < -0.4 is 10.5 Å². The first-order chi connectivity index (χ1) is 10.1. The van der Waals surface area contributed by atoms with Gasteiger partial charge in [-0.15, -0.1) is 0 Å². The fraction of sp³-hybridized carbons (Fsp3) is 0.333. The zero-order valence-corrected chi connectivity index (χ0v) is 12.1. The summed E-state index contributed by atoms with van der Waals surface area (Å²) in [7, 11) is 0. The number of nitrogens with zero attached hydrogens (tertiary/aromatic N) is 1. The molecule has 2 rings (SSSR count). The number of amides is 1. The third-order valence-electron chi connectivity index (χ3n) is 3.11. The average molecular weight is 307 g/mol. The summed E-state index contributed by atoms with van der Waals surface area (Å²) in [6, 6.07) is 6.75. The zero-order valence-electron chi connectivity index (χ0n) is 11.3. The van der Waals surface area contributed by atoms with Gasteiger partial charge in [0.1, 0.15) is 24.0 Å². The quantitative estimate of drug-likeness (QED) is 0.668. The van der Waals surface area contributed by atoms with E-state index in [2.05, 4.69) is 0 Å². The minimum atomic E-state index is -0.789. The second-order valence-corrected chi connectivity index (χ2v) is 5.10. The van der Waals surface area contributed by atoms with Crippen molar-refractivity contribution in [3.63, 3.8) is 0 Å². The molecule has 0 radical (unpaired) electrons. The minimum Gasteiger partial charge on any atom is -0.490 e. The molecule has 5 nitrogen and oxygen atoms in total. The Kier molecular flexibility index (Phi) is 5.20. The Bertz CT molecular complexity index is 601. The number of primary amides is 1. The van der Waals surface area contributed by atoms with E-state index in [1.807, 2.05) is 0 Å². The van der Waals surface area contributed by atoms with Crippen LogP contribution >= 0.6 is 11.6 Å². The molecule has 0 aliphatic carbocycles. The first-order valence-electron chi connectivity index (χ1n) is 6.55. The van der Waals surface area contributed by atoms with Crippen LogP contribution in [0.2, 0.25) is 5.02 Å². The van der Waals surface area contributed by atoms with E-state index >= 15 is 0 Å². The van der Waals surface area contributed by atoms with E-state index in [9.17, 15) is 4.79 Å². The van der Waals surface area contributed by atoms with E-state index < -0.39 is 5.91 Å². The van der Waals surface area contributed by atoms with Crippen LogP contribution in [0, 0.1) is 11.3 Å². The summed E-state index contributed by atoms with van der Waals surface area (Å²) in [4.78, 5) is 11.1. The highest BCUT2D eigenvalue weighted by Gasteiger charge is 2.17. The molecule has 0 bridgehead atoms. The molecule has 1 aliphatic heterocycles. The second-order valence-electron chi connectivity index (χ2n) is 4.66. The van der Waals surface area contributed by atoms with Gasteiger partial charge < -0.3 is 15.2 Å². The Morgan fingerprint density at radius 3 is 3.05 bits per heavy atom. The van der Waals surface area contributed by atoms with Crippen LogP contribution in [0.4, 0.5) is 0 Å². The number of benzene rings is 1. The molecule has 1 aromatic rings. The Hall–Kier alpha value is -2.03. The first kappa shape index (κ1) is 15.4.